The van der Waals surface area contributed by atoms with E-state index in [4.69, 9.17) is 4.74 Å². The maximum Gasteiger partial charge on any atom is 0.314 e. The van der Waals surface area contributed by atoms with Gasteiger partial charge in [0, 0.05) is 24.4 Å². The van der Waals surface area contributed by atoms with Crippen molar-refractivity contribution in [3.63, 3.8) is 0 Å². The fourth-order valence-electron chi connectivity index (χ4n) is 3.36. The van der Waals surface area contributed by atoms with E-state index >= 15 is 0 Å². The summed E-state index contributed by atoms with van der Waals surface area (Å²) >= 11 is 1.26. The Morgan fingerprint density at radius 3 is 2.77 bits per heavy atom. The molecule has 1 aliphatic rings. The minimum atomic E-state index is -0.819. The van der Waals surface area contributed by atoms with Crippen LogP contribution in [0, 0.1) is 5.82 Å². The number of amides is 2. The average molecular weight is 439 g/mol. The molecule has 0 fully saturated rings. The number of fused-ring (bicyclic) bond motifs is 1. The van der Waals surface area contributed by atoms with Gasteiger partial charge in [0.15, 0.2) is 5.13 Å². The van der Waals surface area contributed by atoms with Crippen molar-refractivity contribution in [3.8, 4) is 0 Å². The van der Waals surface area contributed by atoms with E-state index in [0.717, 1.165) is 0 Å². The van der Waals surface area contributed by atoms with Gasteiger partial charge in [-0.05, 0) is 29.8 Å². The molecule has 3 aromatic rings. The standard InChI is InChI=1S/C22H18FN3O4S/c1-13(27)26(16-5-3-2-4-6-16)22-24-15(12-31-22)11-30-21(29)18-10-20(28)25-19-9-14(23)7-8-17(18)19/h2-9,12,18H,10-11H2,1H3,(H,25,28). The third-order valence-corrected chi connectivity index (χ3v) is 5.64. The lowest BCUT2D eigenvalue weighted by Gasteiger charge is -2.24. The van der Waals surface area contributed by atoms with Crippen LogP contribution >= 0.6 is 11.3 Å². The Hall–Kier alpha value is -3.59. The van der Waals surface area contributed by atoms with Gasteiger partial charge in [-0.15, -0.1) is 11.3 Å². The zero-order chi connectivity index (χ0) is 22.0. The molecule has 1 unspecified atom stereocenters. The van der Waals surface area contributed by atoms with Gasteiger partial charge < -0.3 is 10.1 Å². The van der Waals surface area contributed by atoms with E-state index < -0.39 is 17.7 Å². The molecular weight excluding hydrogens is 421 g/mol. The number of carbonyl (C=O) groups excluding carboxylic acids is 3. The number of nitrogens with one attached hydrogen (secondary N) is 1. The number of halogens is 1. The third-order valence-electron chi connectivity index (χ3n) is 4.76. The number of hydrogen-bond acceptors (Lipinski definition) is 6. The highest BCUT2D eigenvalue weighted by Gasteiger charge is 2.32. The van der Waals surface area contributed by atoms with Crippen LogP contribution < -0.4 is 10.2 Å². The molecule has 0 saturated heterocycles. The average Bonchev–Trinajstić information content (AvgIpc) is 3.20. The summed E-state index contributed by atoms with van der Waals surface area (Å²) in [6.07, 6.45) is -0.0775. The smallest absolute Gasteiger partial charge is 0.314 e. The van der Waals surface area contributed by atoms with Crippen LogP contribution in [0.5, 0.6) is 0 Å². The van der Waals surface area contributed by atoms with Crippen molar-refractivity contribution in [1.29, 1.82) is 0 Å². The molecule has 0 saturated carbocycles. The maximum atomic E-state index is 13.5. The van der Waals surface area contributed by atoms with Gasteiger partial charge in [0.25, 0.3) is 0 Å². The molecule has 2 amide bonds. The molecule has 2 heterocycles. The lowest BCUT2D eigenvalue weighted by atomic mass is 9.90. The molecule has 0 spiro atoms. The number of thiazole rings is 1. The Morgan fingerprint density at radius 1 is 1.26 bits per heavy atom. The third kappa shape index (κ3) is 4.46. The Labute approximate surface area is 181 Å². The molecular formula is C22H18FN3O4S. The van der Waals surface area contributed by atoms with Crippen LogP contribution in [0.4, 0.5) is 20.9 Å². The van der Waals surface area contributed by atoms with Gasteiger partial charge in [0.2, 0.25) is 11.8 Å². The molecule has 0 aliphatic carbocycles. The Bertz CT molecular complexity index is 1150. The number of esters is 1. The minimum absolute atomic E-state index is 0.0775. The van der Waals surface area contributed by atoms with Gasteiger partial charge in [-0.25, -0.2) is 9.37 Å². The van der Waals surface area contributed by atoms with Gasteiger partial charge in [-0.2, -0.15) is 0 Å². The van der Waals surface area contributed by atoms with Crippen molar-refractivity contribution in [2.24, 2.45) is 0 Å². The number of anilines is 3. The zero-order valence-electron chi connectivity index (χ0n) is 16.5. The fraction of sp³-hybridized carbons (Fsp3) is 0.182. The topological polar surface area (TPSA) is 88.6 Å². The van der Waals surface area contributed by atoms with E-state index in [-0.39, 0.29) is 30.5 Å². The Morgan fingerprint density at radius 2 is 2.03 bits per heavy atom. The molecule has 1 aliphatic heterocycles. The summed E-state index contributed by atoms with van der Waals surface area (Å²) in [5.74, 6) is -2.49. The quantitative estimate of drug-likeness (QED) is 0.604. The van der Waals surface area contributed by atoms with Gasteiger partial charge in [-0.3, -0.25) is 19.3 Å². The predicted molar refractivity (Wildman–Crippen MR) is 114 cm³/mol. The summed E-state index contributed by atoms with van der Waals surface area (Å²) in [5, 5.41) is 4.73. The summed E-state index contributed by atoms with van der Waals surface area (Å²) in [4.78, 5) is 42.6. The minimum Gasteiger partial charge on any atom is -0.459 e. The Balaban J connectivity index is 1.47. The molecule has 1 aromatic heterocycles. The number of aromatic nitrogens is 1. The first-order valence-electron chi connectivity index (χ1n) is 9.48. The molecule has 7 nitrogen and oxygen atoms in total. The van der Waals surface area contributed by atoms with Crippen molar-refractivity contribution >= 4 is 45.6 Å². The first kappa shape index (κ1) is 20.7. The van der Waals surface area contributed by atoms with Crippen molar-refractivity contribution in [2.75, 3.05) is 10.2 Å². The summed E-state index contributed by atoms with van der Waals surface area (Å²) in [5.41, 5.74) is 1.95. The van der Waals surface area contributed by atoms with E-state index in [1.807, 2.05) is 18.2 Å². The van der Waals surface area contributed by atoms with Crippen LogP contribution in [0.3, 0.4) is 0 Å². The van der Waals surface area contributed by atoms with Crippen molar-refractivity contribution in [3.05, 3.63) is 71.0 Å². The molecule has 4 rings (SSSR count). The second-order valence-corrected chi connectivity index (χ2v) is 7.79. The number of carbonyl (C=O) groups is 3. The molecule has 158 valence electrons. The number of ether oxygens (including phenoxy) is 1. The first-order chi connectivity index (χ1) is 14.9. The summed E-state index contributed by atoms with van der Waals surface area (Å²) in [6.45, 7) is 1.34. The van der Waals surface area contributed by atoms with Crippen LogP contribution in [0.1, 0.15) is 30.5 Å². The molecule has 31 heavy (non-hydrogen) atoms. The van der Waals surface area contributed by atoms with Crippen molar-refractivity contribution in [2.45, 2.75) is 25.9 Å². The zero-order valence-corrected chi connectivity index (χ0v) is 17.3. The fourth-order valence-corrected chi connectivity index (χ4v) is 4.23. The van der Waals surface area contributed by atoms with E-state index in [2.05, 4.69) is 10.3 Å². The molecule has 9 heteroatoms. The van der Waals surface area contributed by atoms with Gasteiger partial charge in [0.05, 0.1) is 17.3 Å². The van der Waals surface area contributed by atoms with Crippen LogP contribution in [-0.2, 0) is 25.7 Å². The molecule has 1 atom stereocenters. The van der Waals surface area contributed by atoms with Gasteiger partial charge in [0.1, 0.15) is 12.4 Å². The molecule has 1 N–H and O–H groups in total. The van der Waals surface area contributed by atoms with E-state index in [1.165, 1.54) is 41.4 Å². The highest BCUT2D eigenvalue weighted by molar-refractivity contribution is 7.14. The van der Waals surface area contributed by atoms with E-state index in [0.29, 0.717) is 22.1 Å². The number of nitrogens with zero attached hydrogens (tertiary/aromatic N) is 2. The van der Waals surface area contributed by atoms with E-state index in [1.54, 1.807) is 17.5 Å². The summed E-state index contributed by atoms with van der Waals surface area (Å²) in [7, 11) is 0. The van der Waals surface area contributed by atoms with Gasteiger partial charge in [-0.1, -0.05) is 24.3 Å². The normalized spacial score (nSPS) is 15.0. The highest BCUT2D eigenvalue weighted by Crippen LogP contribution is 2.34. The largest absolute Gasteiger partial charge is 0.459 e. The Kier molecular flexibility index (Phi) is 5.77. The van der Waals surface area contributed by atoms with Crippen LogP contribution in [0.15, 0.2) is 53.9 Å². The van der Waals surface area contributed by atoms with Crippen LogP contribution in [-0.4, -0.2) is 22.8 Å². The monoisotopic (exact) mass is 439 g/mol. The molecule has 0 bridgehead atoms. The highest BCUT2D eigenvalue weighted by atomic mass is 32.1. The lowest BCUT2D eigenvalue weighted by molar-refractivity contribution is -0.148. The number of rotatable bonds is 5. The second-order valence-electron chi connectivity index (χ2n) is 6.96. The predicted octanol–water partition coefficient (Wildman–Crippen LogP) is 4.14. The maximum absolute atomic E-state index is 13.5. The lowest BCUT2D eigenvalue weighted by Crippen LogP contribution is -2.28. The van der Waals surface area contributed by atoms with Crippen LogP contribution in [0.25, 0.3) is 0 Å². The van der Waals surface area contributed by atoms with E-state index in [9.17, 15) is 18.8 Å². The second kappa shape index (κ2) is 8.65. The van der Waals surface area contributed by atoms with Crippen LogP contribution in [0.2, 0.25) is 0 Å². The molecule has 0 radical (unpaired) electrons. The number of para-hydroxylation sites is 1. The van der Waals surface area contributed by atoms with Gasteiger partial charge >= 0.3 is 5.97 Å². The number of hydrogen-bond donors (Lipinski definition) is 1. The summed E-state index contributed by atoms with van der Waals surface area (Å²) < 4.78 is 18.9. The number of benzene rings is 2. The summed E-state index contributed by atoms with van der Waals surface area (Å²) in [6, 6.07) is 13.0. The van der Waals surface area contributed by atoms with Crippen molar-refractivity contribution in [1.82, 2.24) is 4.98 Å². The van der Waals surface area contributed by atoms with Crippen molar-refractivity contribution < 1.29 is 23.5 Å². The SMILES string of the molecule is CC(=O)N(c1ccccc1)c1nc(COC(=O)C2CC(=O)Nc3cc(F)ccc32)cs1. The molecule has 2 aromatic carbocycles. The first-order valence-corrected chi connectivity index (χ1v) is 10.4.